The summed E-state index contributed by atoms with van der Waals surface area (Å²) >= 11 is 0. The molecule has 1 fully saturated rings. The first-order valence-corrected chi connectivity index (χ1v) is 9.40. The van der Waals surface area contributed by atoms with Gasteiger partial charge in [0, 0.05) is 18.1 Å². The van der Waals surface area contributed by atoms with E-state index in [0.717, 1.165) is 48.2 Å². The van der Waals surface area contributed by atoms with Crippen molar-refractivity contribution in [3.8, 4) is 5.69 Å². The summed E-state index contributed by atoms with van der Waals surface area (Å²) in [5.74, 6) is 1.73. The highest BCUT2D eigenvalue weighted by molar-refractivity contribution is 5.81. The van der Waals surface area contributed by atoms with Crippen molar-refractivity contribution in [1.29, 1.82) is 0 Å². The van der Waals surface area contributed by atoms with Crippen molar-refractivity contribution in [3.63, 3.8) is 0 Å². The van der Waals surface area contributed by atoms with Crippen molar-refractivity contribution < 1.29 is 5.11 Å². The van der Waals surface area contributed by atoms with Crippen molar-refractivity contribution >= 4 is 28.0 Å². The summed E-state index contributed by atoms with van der Waals surface area (Å²) in [7, 11) is 0. The maximum absolute atomic E-state index is 9.68. The Morgan fingerprint density at radius 3 is 2.93 bits per heavy atom. The van der Waals surface area contributed by atoms with Gasteiger partial charge in [-0.2, -0.15) is 9.67 Å². The fourth-order valence-electron chi connectivity index (χ4n) is 3.70. The van der Waals surface area contributed by atoms with Crippen LogP contribution in [0, 0.1) is 12.8 Å². The predicted octanol–water partition coefficient (Wildman–Crippen LogP) is 2.04. The van der Waals surface area contributed by atoms with Crippen LogP contribution in [0.4, 0.5) is 5.95 Å². The van der Waals surface area contributed by atoms with Crippen molar-refractivity contribution in [3.05, 3.63) is 36.4 Å². The van der Waals surface area contributed by atoms with Gasteiger partial charge in [-0.3, -0.25) is 0 Å². The molecule has 1 aliphatic rings. The molecule has 0 radical (unpaired) electrons. The van der Waals surface area contributed by atoms with E-state index in [1.54, 1.807) is 17.1 Å². The van der Waals surface area contributed by atoms with Crippen molar-refractivity contribution in [2.75, 3.05) is 11.9 Å². The number of anilines is 1. The molecule has 9 nitrogen and oxygen atoms in total. The minimum Gasteiger partial charge on any atom is -0.393 e. The molecule has 1 saturated carbocycles. The zero-order valence-electron chi connectivity index (χ0n) is 15.4. The van der Waals surface area contributed by atoms with Crippen molar-refractivity contribution in [2.24, 2.45) is 5.92 Å². The Morgan fingerprint density at radius 1 is 1.14 bits per heavy atom. The second-order valence-corrected chi connectivity index (χ2v) is 7.28. The number of hydrogen-bond acceptors (Lipinski definition) is 8. The Kier molecular flexibility index (Phi) is 4.09. The van der Waals surface area contributed by atoms with Gasteiger partial charge >= 0.3 is 0 Å². The van der Waals surface area contributed by atoms with Crippen LogP contribution in [0.25, 0.3) is 27.8 Å². The summed E-state index contributed by atoms with van der Waals surface area (Å²) in [6.07, 6.45) is 6.01. The molecular weight excluding hydrogens is 356 g/mol. The number of aliphatic hydroxyl groups excluding tert-OH is 1. The Morgan fingerprint density at radius 2 is 2.07 bits per heavy atom. The molecule has 5 rings (SSSR count). The van der Waals surface area contributed by atoms with Crippen LogP contribution >= 0.6 is 0 Å². The molecule has 2 atom stereocenters. The molecule has 1 unspecified atom stereocenters. The lowest BCUT2D eigenvalue weighted by Gasteiger charge is -2.10. The molecule has 0 spiro atoms. The van der Waals surface area contributed by atoms with E-state index in [0.29, 0.717) is 23.0 Å². The summed E-state index contributed by atoms with van der Waals surface area (Å²) in [5.41, 5.74) is 2.99. The molecule has 9 heteroatoms. The largest absolute Gasteiger partial charge is 0.393 e. The first kappa shape index (κ1) is 16.9. The first-order chi connectivity index (χ1) is 13.7. The minimum absolute atomic E-state index is 0.179. The number of rotatable bonds is 4. The number of nitrogens with one attached hydrogen (secondary N) is 1. The second kappa shape index (κ2) is 6.75. The summed E-state index contributed by atoms with van der Waals surface area (Å²) in [5, 5.41) is 22.3. The molecule has 4 aromatic rings. The van der Waals surface area contributed by atoms with Crippen LogP contribution in [0.5, 0.6) is 0 Å². The van der Waals surface area contributed by atoms with Crippen LogP contribution < -0.4 is 5.32 Å². The molecule has 2 N–H and O–H groups in total. The van der Waals surface area contributed by atoms with E-state index in [2.05, 4.69) is 35.6 Å². The number of aryl methyl sites for hydroxylation is 1. The monoisotopic (exact) mass is 376 g/mol. The second-order valence-electron chi connectivity index (χ2n) is 7.28. The number of aromatic nitrogens is 7. The Bertz CT molecular complexity index is 1160. The first-order valence-electron chi connectivity index (χ1n) is 9.40. The minimum atomic E-state index is -0.179. The molecular formula is C19H20N8O. The summed E-state index contributed by atoms with van der Waals surface area (Å²) in [6, 6.07) is 5.86. The number of benzene rings is 1. The summed E-state index contributed by atoms with van der Waals surface area (Å²) in [6.45, 7) is 2.62. The maximum atomic E-state index is 9.68. The van der Waals surface area contributed by atoms with E-state index < -0.39 is 0 Å². The van der Waals surface area contributed by atoms with Gasteiger partial charge in [0.2, 0.25) is 5.95 Å². The average Bonchev–Trinajstić information content (AvgIpc) is 3.31. The normalized spacial score (nSPS) is 19.5. The third-order valence-corrected chi connectivity index (χ3v) is 5.18. The molecule has 0 aliphatic heterocycles. The van der Waals surface area contributed by atoms with Gasteiger partial charge < -0.3 is 10.4 Å². The van der Waals surface area contributed by atoms with E-state index in [4.69, 9.17) is 0 Å². The van der Waals surface area contributed by atoms with Gasteiger partial charge in [-0.25, -0.2) is 15.0 Å². The molecule has 1 aliphatic carbocycles. The van der Waals surface area contributed by atoms with Crippen LogP contribution in [0.3, 0.4) is 0 Å². The lowest BCUT2D eigenvalue weighted by molar-refractivity contribution is 0.178. The summed E-state index contributed by atoms with van der Waals surface area (Å²) in [4.78, 5) is 17.6. The van der Waals surface area contributed by atoms with Crippen LogP contribution in [-0.4, -0.2) is 52.7 Å². The smallest absolute Gasteiger partial charge is 0.224 e. The molecule has 0 amide bonds. The van der Waals surface area contributed by atoms with E-state index in [-0.39, 0.29) is 6.10 Å². The van der Waals surface area contributed by atoms with E-state index in [1.165, 1.54) is 0 Å². The molecule has 3 aromatic heterocycles. The van der Waals surface area contributed by atoms with Gasteiger partial charge in [0.05, 0.1) is 23.5 Å². The van der Waals surface area contributed by atoms with Crippen molar-refractivity contribution in [1.82, 2.24) is 34.9 Å². The average molecular weight is 376 g/mol. The third kappa shape index (κ3) is 3.13. The van der Waals surface area contributed by atoms with Gasteiger partial charge in [0.1, 0.15) is 5.82 Å². The van der Waals surface area contributed by atoms with Gasteiger partial charge in [0.15, 0.2) is 11.2 Å². The third-order valence-electron chi connectivity index (χ3n) is 5.18. The SMILES string of the molecule is Cc1ncc2cc(-n3nnc4cnc(NCC5CC[C@@H](O)C5)nc43)ccc2n1. The molecule has 28 heavy (non-hydrogen) atoms. The Hall–Kier alpha value is -3.20. The van der Waals surface area contributed by atoms with E-state index in [1.807, 2.05) is 25.1 Å². The van der Waals surface area contributed by atoms with Crippen LogP contribution in [0.2, 0.25) is 0 Å². The van der Waals surface area contributed by atoms with Crippen molar-refractivity contribution in [2.45, 2.75) is 32.3 Å². The van der Waals surface area contributed by atoms with Gasteiger partial charge in [-0.05, 0) is 50.3 Å². The number of nitrogens with zero attached hydrogens (tertiary/aromatic N) is 7. The fraction of sp³-hybridized carbons (Fsp3) is 0.368. The molecule has 3 heterocycles. The number of aliphatic hydroxyl groups is 1. The summed E-state index contributed by atoms with van der Waals surface area (Å²) < 4.78 is 1.70. The van der Waals surface area contributed by atoms with Gasteiger partial charge in [-0.1, -0.05) is 5.21 Å². The highest BCUT2D eigenvalue weighted by Crippen LogP contribution is 2.25. The molecule has 142 valence electrons. The van der Waals surface area contributed by atoms with Crippen LogP contribution in [0.15, 0.2) is 30.6 Å². The predicted molar refractivity (Wildman–Crippen MR) is 104 cm³/mol. The van der Waals surface area contributed by atoms with E-state index >= 15 is 0 Å². The maximum Gasteiger partial charge on any atom is 0.224 e. The zero-order valence-corrected chi connectivity index (χ0v) is 15.4. The van der Waals surface area contributed by atoms with Gasteiger partial charge in [0.25, 0.3) is 0 Å². The molecule has 1 aromatic carbocycles. The standard InChI is InChI=1S/C19H20N8O/c1-11-20-9-13-7-14(3-5-16(13)23-11)27-18-17(25-26-27)10-22-19(24-18)21-8-12-2-4-15(28)6-12/h3,5,7,9-10,12,15,28H,2,4,6,8H2,1H3,(H,21,22,24)/t12?,15-/m1/s1. The lowest BCUT2D eigenvalue weighted by atomic mass is 10.1. The topological polar surface area (TPSA) is 115 Å². The Balaban J connectivity index is 1.45. The van der Waals surface area contributed by atoms with Crippen LogP contribution in [-0.2, 0) is 0 Å². The van der Waals surface area contributed by atoms with Gasteiger partial charge in [-0.15, -0.1) is 5.10 Å². The molecule has 0 saturated heterocycles. The Labute approximate surface area is 160 Å². The van der Waals surface area contributed by atoms with E-state index in [9.17, 15) is 5.11 Å². The molecule has 0 bridgehead atoms. The fourth-order valence-corrected chi connectivity index (χ4v) is 3.70. The lowest BCUT2D eigenvalue weighted by Crippen LogP contribution is -2.14. The zero-order chi connectivity index (χ0) is 19.1. The number of hydrogen-bond donors (Lipinski definition) is 2. The van der Waals surface area contributed by atoms with Crippen LogP contribution in [0.1, 0.15) is 25.1 Å². The quantitative estimate of drug-likeness (QED) is 0.556. The highest BCUT2D eigenvalue weighted by Gasteiger charge is 2.22. The number of fused-ring (bicyclic) bond motifs is 2. The highest BCUT2D eigenvalue weighted by atomic mass is 16.3.